The summed E-state index contributed by atoms with van der Waals surface area (Å²) in [5, 5.41) is 9.09. The Hall–Kier alpha value is -0.270. The number of nitrogens with zero attached hydrogens (tertiary/aromatic N) is 1. The van der Waals surface area contributed by atoms with Crippen LogP contribution in [0, 0.1) is 0 Å². The van der Waals surface area contributed by atoms with E-state index in [4.69, 9.17) is 5.11 Å². The summed E-state index contributed by atoms with van der Waals surface area (Å²) in [5.41, 5.74) is 0. The maximum absolute atomic E-state index is 12.0. The molecule has 0 amide bonds. The summed E-state index contributed by atoms with van der Waals surface area (Å²) in [5.74, 6) is 0.546. The summed E-state index contributed by atoms with van der Waals surface area (Å²) in [6.07, 6.45) is 0. The minimum atomic E-state index is -3.19. The summed E-state index contributed by atoms with van der Waals surface area (Å²) >= 11 is 1.60. The summed E-state index contributed by atoms with van der Waals surface area (Å²) in [4.78, 5) is 12.8. The van der Waals surface area contributed by atoms with Crippen molar-refractivity contribution in [3.63, 3.8) is 0 Å². The smallest absolute Gasteiger partial charge is 0.321 e. The zero-order chi connectivity index (χ0) is 14.0. The van der Waals surface area contributed by atoms with Crippen molar-refractivity contribution in [2.45, 2.75) is 31.6 Å². The van der Waals surface area contributed by atoms with Gasteiger partial charge in [0, 0.05) is 24.6 Å². The van der Waals surface area contributed by atoms with Gasteiger partial charge in [0.2, 0.25) is 0 Å². The molecule has 1 aliphatic heterocycles. The van der Waals surface area contributed by atoms with Crippen molar-refractivity contribution in [3.8, 4) is 0 Å². The summed E-state index contributed by atoms with van der Waals surface area (Å²) in [6.45, 7) is 5.95. The van der Waals surface area contributed by atoms with Crippen LogP contribution in [-0.2, 0) is 14.6 Å². The molecule has 1 saturated heterocycles. The summed E-state index contributed by atoms with van der Waals surface area (Å²) in [6, 6.07) is -0.557. The minimum absolute atomic E-state index is 0.0188. The number of aliphatic carboxylic acids is 1. The van der Waals surface area contributed by atoms with Gasteiger partial charge in [-0.25, -0.2) is 8.42 Å². The zero-order valence-corrected chi connectivity index (χ0v) is 12.7. The van der Waals surface area contributed by atoms with E-state index in [1.165, 1.54) is 0 Å². The molecule has 1 N–H and O–H groups in total. The predicted molar refractivity (Wildman–Crippen MR) is 73.9 cm³/mol. The molecular formula is C11H21NO4S2. The molecule has 106 valence electrons. The van der Waals surface area contributed by atoms with E-state index >= 15 is 0 Å². The molecule has 7 heteroatoms. The highest BCUT2D eigenvalue weighted by atomic mass is 32.2. The number of carboxylic acids is 1. The van der Waals surface area contributed by atoms with Gasteiger partial charge in [0.1, 0.15) is 6.04 Å². The number of hydrogen-bond acceptors (Lipinski definition) is 5. The van der Waals surface area contributed by atoms with Crippen molar-refractivity contribution in [2.24, 2.45) is 0 Å². The fourth-order valence-electron chi connectivity index (χ4n) is 1.68. The standard InChI is InChI=1S/C11H21NO4S2/c1-11(2,3)18(15,16)7-5-12-4-6-17-8-9(12)10(13)14/h9H,4-8H2,1-3H3,(H,13,14). The second kappa shape index (κ2) is 5.79. The van der Waals surface area contributed by atoms with Crippen molar-refractivity contribution in [2.75, 3.05) is 30.3 Å². The molecule has 0 bridgehead atoms. The molecule has 1 aliphatic rings. The third-order valence-corrected chi connectivity index (χ3v) is 6.71. The molecule has 0 aliphatic carbocycles. The Labute approximate surface area is 113 Å². The van der Waals surface area contributed by atoms with Gasteiger partial charge in [-0.1, -0.05) is 0 Å². The Kier molecular flexibility index (Phi) is 5.08. The van der Waals surface area contributed by atoms with Crippen LogP contribution in [0.3, 0.4) is 0 Å². The minimum Gasteiger partial charge on any atom is -0.480 e. The lowest BCUT2D eigenvalue weighted by molar-refractivity contribution is -0.142. The van der Waals surface area contributed by atoms with Crippen LogP contribution in [0.2, 0.25) is 0 Å². The van der Waals surface area contributed by atoms with Gasteiger partial charge in [-0.15, -0.1) is 0 Å². The Morgan fingerprint density at radius 2 is 2.06 bits per heavy atom. The number of sulfone groups is 1. The van der Waals surface area contributed by atoms with Gasteiger partial charge in [-0.2, -0.15) is 11.8 Å². The zero-order valence-electron chi connectivity index (χ0n) is 11.0. The van der Waals surface area contributed by atoms with Crippen molar-refractivity contribution < 1.29 is 18.3 Å². The molecule has 0 spiro atoms. The molecule has 18 heavy (non-hydrogen) atoms. The van der Waals surface area contributed by atoms with Crippen molar-refractivity contribution in [1.82, 2.24) is 4.90 Å². The average Bonchev–Trinajstić information content (AvgIpc) is 2.25. The summed E-state index contributed by atoms with van der Waals surface area (Å²) < 4.78 is 23.2. The van der Waals surface area contributed by atoms with Crippen molar-refractivity contribution >= 4 is 27.6 Å². The third kappa shape index (κ3) is 3.86. The van der Waals surface area contributed by atoms with E-state index in [9.17, 15) is 13.2 Å². The lowest BCUT2D eigenvalue weighted by atomic mass is 10.3. The highest BCUT2D eigenvalue weighted by Crippen LogP contribution is 2.19. The lowest BCUT2D eigenvalue weighted by Gasteiger charge is -2.33. The van der Waals surface area contributed by atoms with Crippen LogP contribution < -0.4 is 0 Å². The van der Waals surface area contributed by atoms with E-state index in [-0.39, 0.29) is 5.75 Å². The number of hydrogen-bond donors (Lipinski definition) is 1. The van der Waals surface area contributed by atoms with Gasteiger partial charge in [0.05, 0.1) is 10.5 Å². The Balaban J connectivity index is 2.64. The van der Waals surface area contributed by atoms with Crippen LogP contribution in [-0.4, -0.2) is 65.5 Å². The van der Waals surface area contributed by atoms with E-state index in [1.54, 1.807) is 37.4 Å². The predicted octanol–water partition coefficient (Wildman–Crippen LogP) is 0.702. The van der Waals surface area contributed by atoms with Gasteiger partial charge in [0.15, 0.2) is 9.84 Å². The van der Waals surface area contributed by atoms with E-state index in [1.807, 2.05) is 0 Å². The normalized spacial score (nSPS) is 22.9. The molecule has 0 aromatic heterocycles. The Morgan fingerprint density at radius 1 is 1.44 bits per heavy atom. The Bertz CT molecular complexity index is 400. The fraction of sp³-hybridized carbons (Fsp3) is 0.909. The van der Waals surface area contributed by atoms with E-state index in [2.05, 4.69) is 0 Å². The molecule has 0 aromatic rings. The molecular weight excluding hydrogens is 274 g/mol. The Morgan fingerprint density at radius 3 is 2.56 bits per heavy atom. The highest BCUT2D eigenvalue weighted by molar-refractivity contribution is 7.99. The highest BCUT2D eigenvalue weighted by Gasteiger charge is 2.33. The number of carboxylic acid groups (broad SMARTS) is 1. The van der Waals surface area contributed by atoms with Gasteiger partial charge in [0.25, 0.3) is 0 Å². The lowest BCUT2D eigenvalue weighted by Crippen LogP contribution is -2.49. The number of thioether (sulfide) groups is 1. The van der Waals surface area contributed by atoms with Crippen molar-refractivity contribution in [3.05, 3.63) is 0 Å². The van der Waals surface area contributed by atoms with Gasteiger partial charge in [-0.05, 0) is 20.8 Å². The molecule has 1 heterocycles. The molecule has 0 radical (unpaired) electrons. The maximum atomic E-state index is 12.0. The first kappa shape index (κ1) is 15.8. The molecule has 1 rings (SSSR count). The van der Waals surface area contributed by atoms with Crippen LogP contribution in [0.25, 0.3) is 0 Å². The van der Waals surface area contributed by atoms with Crippen LogP contribution >= 0.6 is 11.8 Å². The first-order valence-electron chi connectivity index (χ1n) is 5.92. The van der Waals surface area contributed by atoms with E-state index < -0.39 is 26.6 Å². The number of carbonyl (C=O) groups is 1. The quantitative estimate of drug-likeness (QED) is 0.823. The molecule has 1 fully saturated rings. The van der Waals surface area contributed by atoms with Crippen LogP contribution in [0.5, 0.6) is 0 Å². The fourth-order valence-corrected chi connectivity index (χ4v) is 3.87. The molecule has 1 atom stereocenters. The van der Waals surface area contributed by atoms with Crippen LogP contribution in [0.1, 0.15) is 20.8 Å². The van der Waals surface area contributed by atoms with Gasteiger partial charge < -0.3 is 5.11 Å². The van der Waals surface area contributed by atoms with Gasteiger partial charge >= 0.3 is 5.97 Å². The van der Waals surface area contributed by atoms with E-state index in [0.717, 1.165) is 5.75 Å². The molecule has 0 aromatic carbocycles. The van der Waals surface area contributed by atoms with Gasteiger partial charge in [-0.3, -0.25) is 9.69 Å². The second-order valence-electron chi connectivity index (χ2n) is 5.40. The molecule has 1 unspecified atom stereocenters. The topological polar surface area (TPSA) is 74.7 Å². The van der Waals surface area contributed by atoms with Crippen LogP contribution in [0.4, 0.5) is 0 Å². The SMILES string of the molecule is CC(C)(C)S(=O)(=O)CCN1CCSCC1C(=O)O. The monoisotopic (exact) mass is 295 g/mol. The van der Waals surface area contributed by atoms with Crippen molar-refractivity contribution in [1.29, 1.82) is 0 Å². The van der Waals surface area contributed by atoms with E-state index in [0.29, 0.717) is 18.8 Å². The third-order valence-electron chi connectivity index (χ3n) is 3.10. The molecule has 5 nitrogen and oxygen atoms in total. The average molecular weight is 295 g/mol. The second-order valence-corrected chi connectivity index (χ2v) is 9.41. The molecule has 0 saturated carbocycles. The first-order chi connectivity index (χ1) is 8.15. The first-order valence-corrected chi connectivity index (χ1v) is 8.73. The maximum Gasteiger partial charge on any atom is 0.321 e. The van der Waals surface area contributed by atoms with Crippen LogP contribution in [0.15, 0.2) is 0 Å². The summed E-state index contributed by atoms with van der Waals surface area (Å²) in [7, 11) is -3.19. The number of rotatable bonds is 4. The largest absolute Gasteiger partial charge is 0.480 e.